The number of rotatable bonds is 7. The molecule has 2 saturated heterocycles. The zero-order chi connectivity index (χ0) is 16.3. The third kappa shape index (κ3) is 4.93. The number of aliphatic hydroxyl groups is 3. The zero-order valence-electron chi connectivity index (χ0n) is 12.0. The van der Waals surface area contributed by atoms with Crippen LogP contribution in [0.2, 0.25) is 0 Å². The molecule has 22 heavy (non-hydrogen) atoms. The fourth-order valence-corrected chi connectivity index (χ4v) is 3.06. The average Bonchev–Trinajstić information content (AvgIpc) is 2.96. The van der Waals surface area contributed by atoms with E-state index in [-0.39, 0.29) is 19.4 Å². The number of hydrogen-bond donors (Lipinski definition) is 4. The van der Waals surface area contributed by atoms with Crippen molar-refractivity contribution in [1.82, 2.24) is 0 Å². The van der Waals surface area contributed by atoms with Crippen molar-refractivity contribution in [3.63, 3.8) is 0 Å². The van der Waals surface area contributed by atoms with Gasteiger partial charge in [-0.05, 0) is 0 Å². The molecular formula is C11H21O10P. The highest BCUT2D eigenvalue weighted by molar-refractivity contribution is 7.47. The first-order valence-corrected chi connectivity index (χ1v) is 8.30. The topological polar surface area (TPSA) is 144 Å². The Labute approximate surface area is 127 Å². The zero-order valence-corrected chi connectivity index (χ0v) is 12.9. The van der Waals surface area contributed by atoms with Gasteiger partial charge >= 0.3 is 7.82 Å². The van der Waals surface area contributed by atoms with Crippen molar-refractivity contribution < 1.29 is 48.0 Å². The highest BCUT2D eigenvalue weighted by Crippen LogP contribution is 2.44. The molecule has 10 nitrogen and oxygen atoms in total. The molecule has 5 unspecified atom stereocenters. The molecule has 0 radical (unpaired) electrons. The highest BCUT2D eigenvalue weighted by atomic mass is 31.2. The number of phosphoric ester groups is 1. The van der Waals surface area contributed by atoms with Gasteiger partial charge in [-0.2, -0.15) is 0 Å². The Morgan fingerprint density at radius 3 is 2.14 bits per heavy atom. The van der Waals surface area contributed by atoms with E-state index < -0.39 is 51.4 Å². The molecule has 0 amide bonds. The summed E-state index contributed by atoms with van der Waals surface area (Å²) in [6.07, 6.45) is -4.94. The molecule has 2 fully saturated rings. The summed E-state index contributed by atoms with van der Waals surface area (Å²) in [5.74, 6) is 0. The van der Waals surface area contributed by atoms with E-state index in [1.807, 2.05) is 0 Å². The molecule has 130 valence electrons. The van der Waals surface area contributed by atoms with Crippen molar-refractivity contribution >= 4 is 7.82 Å². The summed E-state index contributed by atoms with van der Waals surface area (Å²) in [5.41, 5.74) is 0. The van der Waals surface area contributed by atoms with Crippen LogP contribution in [0.4, 0.5) is 0 Å². The first kappa shape index (κ1) is 18.2. The number of methoxy groups -OCH3 is 1. The number of aliphatic hydroxyl groups excluding tert-OH is 3. The van der Waals surface area contributed by atoms with Crippen LogP contribution < -0.4 is 0 Å². The molecule has 7 atom stereocenters. The monoisotopic (exact) mass is 344 g/mol. The van der Waals surface area contributed by atoms with Gasteiger partial charge in [0, 0.05) is 20.0 Å². The van der Waals surface area contributed by atoms with Gasteiger partial charge in [0.15, 0.2) is 12.6 Å². The van der Waals surface area contributed by atoms with Crippen LogP contribution >= 0.6 is 7.82 Å². The summed E-state index contributed by atoms with van der Waals surface area (Å²) in [4.78, 5) is 9.56. The van der Waals surface area contributed by atoms with Gasteiger partial charge in [0.2, 0.25) is 0 Å². The summed E-state index contributed by atoms with van der Waals surface area (Å²) in [6, 6.07) is 0. The lowest BCUT2D eigenvalue weighted by molar-refractivity contribution is -0.114. The van der Waals surface area contributed by atoms with Crippen LogP contribution in [0.15, 0.2) is 0 Å². The SMILES string of the molecule is COC1CC(O)OC1COP(=O)(O)OCC1O[C@@H](O)C[C@H]1O. The molecule has 0 aromatic carbocycles. The Balaban J connectivity index is 1.75. The van der Waals surface area contributed by atoms with Crippen molar-refractivity contribution in [2.45, 2.75) is 49.8 Å². The van der Waals surface area contributed by atoms with E-state index in [4.69, 9.17) is 23.3 Å². The van der Waals surface area contributed by atoms with Crippen LogP contribution in [-0.4, -0.2) is 77.5 Å². The molecule has 0 aromatic rings. The minimum absolute atomic E-state index is 0.00787. The largest absolute Gasteiger partial charge is 0.472 e. The maximum absolute atomic E-state index is 11.7. The van der Waals surface area contributed by atoms with E-state index >= 15 is 0 Å². The van der Waals surface area contributed by atoms with Crippen LogP contribution in [0, 0.1) is 0 Å². The molecule has 2 aliphatic heterocycles. The fourth-order valence-electron chi connectivity index (χ4n) is 2.32. The first-order chi connectivity index (χ1) is 10.3. The maximum atomic E-state index is 11.7. The lowest BCUT2D eigenvalue weighted by atomic mass is 10.2. The standard InChI is InChI=1S/C11H21O10P/c1-17-7-3-11(14)21-9(7)5-19-22(15,16)18-4-8-6(12)2-10(13)20-8/h6-14H,2-5H2,1H3,(H,15,16)/t6-,7?,8?,9?,10-,11?/m1/s1. The molecule has 2 aliphatic rings. The molecule has 0 saturated carbocycles. The molecule has 4 N–H and O–H groups in total. The fraction of sp³-hybridized carbons (Fsp3) is 1.00. The van der Waals surface area contributed by atoms with E-state index in [1.54, 1.807) is 0 Å². The van der Waals surface area contributed by atoms with E-state index in [1.165, 1.54) is 7.11 Å². The van der Waals surface area contributed by atoms with E-state index in [0.29, 0.717) is 0 Å². The molecule has 0 spiro atoms. The van der Waals surface area contributed by atoms with E-state index in [0.717, 1.165) is 0 Å². The molecule has 0 bridgehead atoms. The van der Waals surface area contributed by atoms with E-state index in [9.17, 15) is 24.8 Å². The van der Waals surface area contributed by atoms with Crippen LogP contribution in [0.3, 0.4) is 0 Å². The quantitative estimate of drug-likeness (QED) is 0.412. The summed E-state index contributed by atoms with van der Waals surface area (Å²) < 4.78 is 36.3. The van der Waals surface area contributed by atoms with Crippen LogP contribution in [0.5, 0.6) is 0 Å². The summed E-state index contributed by atoms with van der Waals surface area (Å²) in [7, 11) is -2.96. The van der Waals surface area contributed by atoms with Crippen molar-refractivity contribution in [1.29, 1.82) is 0 Å². The maximum Gasteiger partial charge on any atom is 0.472 e. The summed E-state index contributed by atoms with van der Waals surface area (Å²) in [5, 5.41) is 28.0. The van der Waals surface area contributed by atoms with Gasteiger partial charge < -0.3 is 34.4 Å². The molecular weight excluding hydrogens is 323 g/mol. The van der Waals surface area contributed by atoms with Gasteiger partial charge in [-0.1, -0.05) is 0 Å². The molecule has 2 heterocycles. The van der Waals surface area contributed by atoms with Gasteiger partial charge in [0.25, 0.3) is 0 Å². The Bertz CT molecular complexity index is 406. The Morgan fingerprint density at radius 2 is 1.59 bits per heavy atom. The van der Waals surface area contributed by atoms with Crippen molar-refractivity contribution in [2.24, 2.45) is 0 Å². The van der Waals surface area contributed by atoms with Gasteiger partial charge in [-0.25, -0.2) is 4.57 Å². The molecule has 2 rings (SSSR count). The second-order valence-electron chi connectivity index (χ2n) is 5.13. The predicted molar refractivity (Wildman–Crippen MR) is 69.5 cm³/mol. The molecule has 0 aromatic heterocycles. The van der Waals surface area contributed by atoms with Crippen molar-refractivity contribution in [3.05, 3.63) is 0 Å². The molecule has 11 heteroatoms. The smallest absolute Gasteiger partial charge is 0.390 e. The summed E-state index contributed by atoms with van der Waals surface area (Å²) >= 11 is 0. The van der Waals surface area contributed by atoms with Crippen LogP contribution in [0.25, 0.3) is 0 Å². The Morgan fingerprint density at radius 1 is 1.05 bits per heavy atom. The van der Waals surface area contributed by atoms with E-state index in [2.05, 4.69) is 0 Å². The number of hydrogen-bond acceptors (Lipinski definition) is 9. The number of ether oxygens (including phenoxy) is 3. The van der Waals surface area contributed by atoms with Gasteiger partial charge in [-0.15, -0.1) is 0 Å². The Kier molecular flexibility index (Phi) is 6.31. The van der Waals surface area contributed by atoms with Gasteiger partial charge in [0.05, 0.1) is 25.4 Å². The second kappa shape index (κ2) is 7.63. The van der Waals surface area contributed by atoms with Crippen molar-refractivity contribution in [2.75, 3.05) is 20.3 Å². The first-order valence-electron chi connectivity index (χ1n) is 6.80. The normalized spacial score (nSPS) is 41.7. The van der Waals surface area contributed by atoms with Crippen LogP contribution in [0.1, 0.15) is 12.8 Å². The minimum Gasteiger partial charge on any atom is -0.390 e. The lowest BCUT2D eigenvalue weighted by Crippen LogP contribution is -2.29. The number of phosphoric acid groups is 1. The average molecular weight is 344 g/mol. The molecule has 0 aliphatic carbocycles. The highest BCUT2D eigenvalue weighted by Gasteiger charge is 2.38. The minimum atomic E-state index is -4.39. The predicted octanol–water partition coefficient (Wildman–Crippen LogP) is -1.29. The third-order valence-corrected chi connectivity index (χ3v) is 4.44. The summed E-state index contributed by atoms with van der Waals surface area (Å²) in [6.45, 7) is -0.714. The van der Waals surface area contributed by atoms with Crippen LogP contribution in [-0.2, 0) is 27.8 Å². The lowest BCUT2D eigenvalue weighted by Gasteiger charge is -2.20. The van der Waals surface area contributed by atoms with Gasteiger partial charge in [0.1, 0.15) is 12.2 Å². The second-order valence-corrected chi connectivity index (χ2v) is 6.58. The van der Waals surface area contributed by atoms with Gasteiger partial charge in [-0.3, -0.25) is 9.05 Å². The third-order valence-electron chi connectivity index (χ3n) is 3.49. The van der Waals surface area contributed by atoms with Crippen molar-refractivity contribution in [3.8, 4) is 0 Å². The Hall–Kier alpha value is -0.130.